The Morgan fingerprint density at radius 1 is 1.03 bits per heavy atom. The fraction of sp³-hybridized carbons (Fsp3) is 0.609. The highest BCUT2D eigenvalue weighted by atomic mass is 19.4. The van der Waals surface area contributed by atoms with Crippen molar-refractivity contribution in [2.45, 2.75) is 50.7 Å². The predicted octanol–water partition coefficient (Wildman–Crippen LogP) is 3.11. The van der Waals surface area contributed by atoms with E-state index in [4.69, 9.17) is 29.0 Å². The molecular formula is C23H30F6N4O6. The number of morpholine rings is 1. The minimum atomic E-state index is -5.08. The molecule has 2 aromatic heterocycles. The van der Waals surface area contributed by atoms with Gasteiger partial charge < -0.3 is 19.4 Å². The van der Waals surface area contributed by atoms with E-state index in [-0.39, 0.29) is 0 Å². The summed E-state index contributed by atoms with van der Waals surface area (Å²) < 4.78 is 76.8. The molecule has 2 N–H and O–H groups in total. The van der Waals surface area contributed by atoms with Crippen molar-refractivity contribution in [3.8, 4) is 0 Å². The lowest BCUT2D eigenvalue weighted by molar-refractivity contribution is -0.193. The van der Waals surface area contributed by atoms with Crippen LogP contribution in [0.5, 0.6) is 0 Å². The molecule has 2 aromatic rings. The second-order valence-corrected chi connectivity index (χ2v) is 8.89. The standard InChI is InChI=1S/C19H28N4O2.2C2HF3O2/c1-15-3-4-17(25-15)14-23-6-5-18(22-7-9-24-10-8-22)19(23)11-16-12-20-21(2)13-16;2*3-2(4,5)1(6)7/h3-4,12-13,18-19H,5-11,14H2,1-2H3;2*(H,6,7)/t18-,19+;;/m1../s1. The molecule has 2 aliphatic heterocycles. The number of aromatic nitrogens is 2. The van der Waals surface area contributed by atoms with Crippen LogP contribution in [0.25, 0.3) is 0 Å². The molecule has 39 heavy (non-hydrogen) atoms. The smallest absolute Gasteiger partial charge is 0.475 e. The van der Waals surface area contributed by atoms with Gasteiger partial charge in [0.1, 0.15) is 11.5 Å². The van der Waals surface area contributed by atoms with Gasteiger partial charge in [0, 0.05) is 45.0 Å². The quantitative estimate of drug-likeness (QED) is 0.521. The van der Waals surface area contributed by atoms with E-state index in [1.165, 1.54) is 12.0 Å². The number of aliphatic carboxylic acids is 2. The lowest BCUT2D eigenvalue weighted by atomic mass is 10.00. The Balaban J connectivity index is 0.000000317. The molecule has 16 heteroatoms. The molecule has 220 valence electrons. The van der Waals surface area contributed by atoms with Gasteiger partial charge in [-0.15, -0.1) is 0 Å². The van der Waals surface area contributed by atoms with Gasteiger partial charge in [-0.1, -0.05) is 0 Å². The number of rotatable bonds is 5. The fourth-order valence-electron chi connectivity index (χ4n) is 4.29. The number of carboxylic acids is 2. The Morgan fingerprint density at radius 2 is 1.59 bits per heavy atom. The predicted molar refractivity (Wildman–Crippen MR) is 123 cm³/mol. The Bertz CT molecular complexity index is 1040. The normalized spacial score (nSPS) is 20.5. The third-order valence-corrected chi connectivity index (χ3v) is 5.98. The van der Waals surface area contributed by atoms with Crippen molar-refractivity contribution < 1.29 is 55.3 Å². The summed E-state index contributed by atoms with van der Waals surface area (Å²) in [5.41, 5.74) is 1.31. The number of hydrogen-bond donors (Lipinski definition) is 2. The maximum atomic E-state index is 10.6. The second-order valence-electron chi connectivity index (χ2n) is 8.89. The number of carboxylic acid groups (broad SMARTS) is 2. The van der Waals surface area contributed by atoms with Crippen molar-refractivity contribution in [2.75, 3.05) is 32.8 Å². The Kier molecular flexibility index (Phi) is 11.4. The van der Waals surface area contributed by atoms with Crippen LogP contribution < -0.4 is 0 Å². The summed E-state index contributed by atoms with van der Waals surface area (Å²) >= 11 is 0. The molecule has 2 fully saturated rings. The first-order valence-electron chi connectivity index (χ1n) is 11.8. The zero-order valence-electron chi connectivity index (χ0n) is 21.2. The van der Waals surface area contributed by atoms with Crippen molar-refractivity contribution in [3.63, 3.8) is 0 Å². The summed E-state index contributed by atoms with van der Waals surface area (Å²) in [6.07, 6.45) is -3.77. The molecule has 0 radical (unpaired) electrons. The average molecular weight is 573 g/mol. The van der Waals surface area contributed by atoms with Crippen LogP contribution >= 0.6 is 0 Å². The lowest BCUT2D eigenvalue weighted by Crippen LogP contribution is -2.50. The van der Waals surface area contributed by atoms with Gasteiger partial charge in [0.15, 0.2) is 0 Å². The van der Waals surface area contributed by atoms with Crippen LogP contribution in [-0.4, -0.2) is 99.0 Å². The van der Waals surface area contributed by atoms with Crippen molar-refractivity contribution in [3.05, 3.63) is 41.6 Å². The Hall–Kier alpha value is -3.11. The summed E-state index contributed by atoms with van der Waals surface area (Å²) in [7, 11) is 1.99. The van der Waals surface area contributed by atoms with E-state index < -0.39 is 24.3 Å². The van der Waals surface area contributed by atoms with Crippen molar-refractivity contribution in [2.24, 2.45) is 7.05 Å². The van der Waals surface area contributed by atoms with Gasteiger partial charge in [0.2, 0.25) is 0 Å². The summed E-state index contributed by atoms with van der Waals surface area (Å²) in [6, 6.07) is 5.24. The molecule has 2 atom stereocenters. The van der Waals surface area contributed by atoms with Crippen LogP contribution in [0, 0.1) is 6.92 Å². The molecule has 0 amide bonds. The summed E-state index contributed by atoms with van der Waals surface area (Å²) in [4.78, 5) is 23.0. The highest BCUT2D eigenvalue weighted by Crippen LogP contribution is 2.28. The highest BCUT2D eigenvalue weighted by molar-refractivity contribution is 5.73. The number of alkyl halides is 6. The maximum absolute atomic E-state index is 10.6. The molecule has 0 bridgehead atoms. The molecule has 0 spiro atoms. The Labute approximate surface area is 219 Å². The van der Waals surface area contributed by atoms with E-state index in [0.29, 0.717) is 12.1 Å². The number of ether oxygens (including phenoxy) is 1. The number of nitrogens with zero attached hydrogens (tertiary/aromatic N) is 4. The highest BCUT2D eigenvalue weighted by Gasteiger charge is 2.40. The van der Waals surface area contributed by atoms with Crippen molar-refractivity contribution in [1.29, 1.82) is 0 Å². The number of halogens is 6. The van der Waals surface area contributed by atoms with Crippen molar-refractivity contribution in [1.82, 2.24) is 19.6 Å². The molecule has 2 saturated heterocycles. The first-order chi connectivity index (χ1) is 18.1. The number of aryl methyl sites for hydroxylation is 2. The number of carbonyl (C=O) groups is 2. The van der Waals surface area contributed by atoms with Gasteiger partial charge in [-0.25, -0.2) is 9.59 Å². The molecular weight excluding hydrogens is 542 g/mol. The van der Waals surface area contributed by atoms with Crippen LogP contribution in [0.1, 0.15) is 23.5 Å². The lowest BCUT2D eigenvalue weighted by Gasteiger charge is -2.37. The number of hydrogen-bond acceptors (Lipinski definition) is 7. The van der Waals surface area contributed by atoms with Gasteiger partial charge >= 0.3 is 24.3 Å². The summed E-state index contributed by atoms with van der Waals surface area (Å²) in [5.74, 6) is -3.46. The number of likely N-dealkylation sites (tertiary alicyclic amines) is 1. The van der Waals surface area contributed by atoms with E-state index in [1.54, 1.807) is 0 Å². The van der Waals surface area contributed by atoms with E-state index in [0.717, 1.165) is 57.3 Å². The third kappa shape index (κ3) is 10.5. The zero-order chi connectivity index (χ0) is 29.4. The summed E-state index contributed by atoms with van der Waals surface area (Å²) in [5, 5.41) is 18.6. The van der Waals surface area contributed by atoms with E-state index in [9.17, 15) is 26.3 Å². The van der Waals surface area contributed by atoms with Gasteiger partial charge in [-0.2, -0.15) is 31.4 Å². The van der Waals surface area contributed by atoms with Crippen molar-refractivity contribution >= 4 is 11.9 Å². The minimum absolute atomic E-state index is 0.493. The largest absolute Gasteiger partial charge is 0.490 e. The van der Waals surface area contributed by atoms with Gasteiger partial charge in [-0.3, -0.25) is 14.5 Å². The van der Waals surface area contributed by atoms with Gasteiger partial charge in [0.05, 0.1) is 26.0 Å². The monoisotopic (exact) mass is 572 g/mol. The van der Waals surface area contributed by atoms with Crippen LogP contribution in [0.2, 0.25) is 0 Å². The van der Waals surface area contributed by atoms with Crippen LogP contribution in [0.3, 0.4) is 0 Å². The molecule has 4 heterocycles. The second kappa shape index (κ2) is 13.8. The Morgan fingerprint density at radius 3 is 2.03 bits per heavy atom. The topological polar surface area (TPSA) is 121 Å². The van der Waals surface area contributed by atoms with Gasteiger partial charge in [0.25, 0.3) is 0 Å². The van der Waals surface area contributed by atoms with Crippen LogP contribution in [0.15, 0.2) is 28.9 Å². The SMILES string of the molecule is Cc1ccc(CN2CC[C@@H](N3CCOCC3)[C@@H]2Cc2cnn(C)c2)o1.O=C(O)C(F)(F)F.O=C(O)C(F)(F)F. The van der Waals surface area contributed by atoms with Crippen LogP contribution in [0.4, 0.5) is 26.3 Å². The fourth-order valence-corrected chi connectivity index (χ4v) is 4.29. The van der Waals surface area contributed by atoms with Crippen LogP contribution in [-0.2, 0) is 34.3 Å². The minimum Gasteiger partial charge on any atom is -0.475 e. The third-order valence-electron chi connectivity index (χ3n) is 5.98. The molecule has 2 aliphatic rings. The van der Waals surface area contributed by atoms with E-state index in [1.807, 2.05) is 24.9 Å². The maximum Gasteiger partial charge on any atom is 0.490 e. The molecule has 0 aromatic carbocycles. The molecule has 4 rings (SSSR count). The molecule has 0 unspecified atom stereocenters. The molecule has 0 saturated carbocycles. The van der Waals surface area contributed by atoms with E-state index >= 15 is 0 Å². The van der Waals surface area contributed by atoms with Gasteiger partial charge in [-0.05, 0) is 37.5 Å². The zero-order valence-corrected chi connectivity index (χ0v) is 21.2. The average Bonchev–Trinajstić information content (AvgIpc) is 3.55. The van der Waals surface area contributed by atoms with E-state index in [2.05, 4.69) is 33.2 Å². The number of furan rings is 1. The molecule has 0 aliphatic carbocycles. The molecule has 10 nitrogen and oxygen atoms in total. The first-order valence-corrected chi connectivity index (χ1v) is 11.8. The summed E-state index contributed by atoms with van der Waals surface area (Å²) in [6.45, 7) is 7.81. The first kappa shape index (κ1) is 32.1.